The van der Waals surface area contributed by atoms with Crippen LogP contribution in [0.1, 0.15) is 21.8 Å². The van der Waals surface area contributed by atoms with Crippen LogP contribution >= 0.6 is 11.6 Å². The van der Waals surface area contributed by atoms with Gasteiger partial charge in [-0.05, 0) is 23.6 Å². The van der Waals surface area contributed by atoms with Crippen molar-refractivity contribution in [3.05, 3.63) is 34.3 Å². The van der Waals surface area contributed by atoms with E-state index >= 15 is 0 Å². The van der Waals surface area contributed by atoms with E-state index in [1.165, 1.54) is 0 Å². The molecular weight excluding hydrogens is 224 g/mol. The van der Waals surface area contributed by atoms with E-state index in [2.05, 4.69) is 10.6 Å². The van der Waals surface area contributed by atoms with Crippen molar-refractivity contribution >= 4 is 17.5 Å². The quantitative estimate of drug-likeness (QED) is 0.715. The number of carbonyl (C=O) groups is 1. The second kappa shape index (κ2) is 3.75. The van der Waals surface area contributed by atoms with E-state index in [1.54, 1.807) is 6.07 Å². The molecule has 16 heavy (non-hydrogen) atoms. The molecule has 0 spiro atoms. The van der Waals surface area contributed by atoms with Crippen molar-refractivity contribution in [3.63, 3.8) is 0 Å². The van der Waals surface area contributed by atoms with Gasteiger partial charge in [0.15, 0.2) is 0 Å². The molecule has 0 radical (unpaired) electrons. The Balaban J connectivity index is 2.12. The summed E-state index contributed by atoms with van der Waals surface area (Å²) in [7, 11) is 0. The minimum atomic E-state index is 0.00639. The topological polar surface area (TPSA) is 41.1 Å². The Bertz CT molecular complexity index is 447. The van der Waals surface area contributed by atoms with Gasteiger partial charge in [-0.15, -0.1) is 0 Å². The lowest BCUT2D eigenvalue weighted by Gasteiger charge is -2.16. The first-order valence-electron chi connectivity index (χ1n) is 5.54. The Morgan fingerprint density at radius 1 is 1.25 bits per heavy atom. The molecular formula is C12H13ClN2O. The minimum Gasteiger partial charge on any atom is -0.352 e. The Morgan fingerprint density at radius 2 is 2.12 bits per heavy atom. The zero-order valence-corrected chi connectivity index (χ0v) is 9.55. The van der Waals surface area contributed by atoms with Crippen molar-refractivity contribution in [2.75, 3.05) is 19.6 Å². The number of hydrogen-bond acceptors (Lipinski definition) is 2. The summed E-state index contributed by atoms with van der Waals surface area (Å²) in [5.74, 6) is 0.949. The molecule has 1 amide bonds. The summed E-state index contributed by atoms with van der Waals surface area (Å²) < 4.78 is 0. The smallest absolute Gasteiger partial charge is 0.251 e. The van der Waals surface area contributed by atoms with Gasteiger partial charge in [-0.3, -0.25) is 4.79 Å². The molecule has 2 heterocycles. The monoisotopic (exact) mass is 236 g/mol. The molecule has 0 bridgehead atoms. The molecule has 2 aliphatic heterocycles. The maximum atomic E-state index is 11.9. The summed E-state index contributed by atoms with van der Waals surface area (Å²) in [4.78, 5) is 11.9. The van der Waals surface area contributed by atoms with Crippen molar-refractivity contribution in [1.29, 1.82) is 0 Å². The number of fused-ring (bicyclic) bond motifs is 3. The summed E-state index contributed by atoms with van der Waals surface area (Å²) in [6.45, 7) is 2.68. The van der Waals surface area contributed by atoms with E-state index in [1.807, 2.05) is 12.1 Å². The highest BCUT2D eigenvalue weighted by molar-refractivity contribution is 6.31. The van der Waals surface area contributed by atoms with E-state index in [9.17, 15) is 4.79 Å². The van der Waals surface area contributed by atoms with Crippen molar-refractivity contribution in [2.24, 2.45) is 5.92 Å². The van der Waals surface area contributed by atoms with E-state index in [0.717, 1.165) is 30.8 Å². The van der Waals surface area contributed by atoms with Gasteiger partial charge in [0.05, 0.1) is 0 Å². The van der Waals surface area contributed by atoms with E-state index < -0.39 is 0 Å². The number of benzene rings is 1. The standard InChI is InChI=1S/C12H13ClN2O/c13-8-1-2-9-10(3-8)12(16)15-5-7-4-14-6-11(7)9/h1-3,7,11,14H,4-6H2,(H,15,16)/t7-,11+/m0/s1. The van der Waals surface area contributed by atoms with Crippen molar-refractivity contribution in [2.45, 2.75) is 5.92 Å². The third kappa shape index (κ3) is 1.51. The highest BCUT2D eigenvalue weighted by atomic mass is 35.5. The van der Waals surface area contributed by atoms with Crippen LogP contribution in [-0.2, 0) is 0 Å². The molecule has 4 heteroatoms. The van der Waals surface area contributed by atoms with E-state index in [4.69, 9.17) is 11.6 Å². The number of nitrogens with one attached hydrogen (secondary N) is 2. The first-order valence-corrected chi connectivity index (χ1v) is 5.92. The summed E-state index contributed by atoms with van der Waals surface area (Å²) in [6, 6.07) is 5.63. The van der Waals surface area contributed by atoms with Gasteiger partial charge in [0.2, 0.25) is 0 Å². The number of amides is 1. The number of hydrogen-bond donors (Lipinski definition) is 2. The minimum absolute atomic E-state index is 0.00639. The van der Waals surface area contributed by atoms with Crippen LogP contribution in [0.5, 0.6) is 0 Å². The molecule has 0 unspecified atom stereocenters. The van der Waals surface area contributed by atoms with Crippen LogP contribution in [0.3, 0.4) is 0 Å². The number of rotatable bonds is 0. The lowest BCUT2D eigenvalue weighted by Crippen LogP contribution is -2.28. The SMILES string of the molecule is O=C1NC[C@@H]2CNC[C@H]2c2ccc(Cl)cc21. The Hall–Kier alpha value is -1.06. The highest BCUT2D eigenvalue weighted by Crippen LogP contribution is 2.33. The first-order chi connectivity index (χ1) is 7.75. The molecule has 1 aromatic rings. The zero-order chi connectivity index (χ0) is 11.1. The average molecular weight is 237 g/mol. The molecule has 3 nitrogen and oxygen atoms in total. The molecule has 3 rings (SSSR count). The maximum Gasteiger partial charge on any atom is 0.251 e. The third-order valence-corrected chi connectivity index (χ3v) is 3.76. The maximum absolute atomic E-state index is 11.9. The van der Waals surface area contributed by atoms with E-state index in [-0.39, 0.29) is 5.91 Å². The fraction of sp³-hybridized carbons (Fsp3) is 0.417. The number of halogens is 1. The van der Waals surface area contributed by atoms with Crippen molar-refractivity contribution < 1.29 is 4.79 Å². The fourth-order valence-corrected chi connectivity index (χ4v) is 2.85. The van der Waals surface area contributed by atoms with Gasteiger partial charge in [-0.25, -0.2) is 0 Å². The van der Waals surface area contributed by atoms with Crippen molar-refractivity contribution in [1.82, 2.24) is 10.6 Å². The van der Waals surface area contributed by atoms with Gasteiger partial charge in [-0.1, -0.05) is 17.7 Å². The van der Waals surface area contributed by atoms with Crippen LogP contribution in [0.15, 0.2) is 18.2 Å². The molecule has 1 fully saturated rings. The molecule has 2 N–H and O–H groups in total. The normalized spacial score (nSPS) is 27.9. The van der Waals surface area contributed by atoms with Gasteiger partial charge in [0.1, 0.15) is 0 Å². The molecule has 84 valence electrons. The Kier molecular flexibility index (Phi) is 2.37. The van der Waals surface area contributed by atoms with Gasteiger partial charge in [-0.2, -0.15) is 0 Å². The van der Waals surface area contributed by atoms with Crippen LogP contribution in [0.2, 0.25) is 5.02 Å². The van der Waals surface area contributed by atoms with Gasteiger partial charge in [0, 0.05) is 36.1 Å². The van der Waals surface area contributed by atoms with Crippen molar-refractivity contribution in [3.8, 4) is 0 Å². The molecule has 0 aromatic heterocycles. The van der Waals surface area contributed by atoms with Gasteiger partial charge >= 0.3 is 0 Å². The predicted molar refractivity (Wildman–Crippen MR) is 62.9 cm³/mol. The van der Waals surface area contributed by atoms with Crippen LogP contribution < -0.4 is 10.6 Å². The average Bonchev–Trinajstić information content (AvgIpc) is 2.69. The summed E-state index contributed by atoms with van der Waals surface area (Å²) >= 11 is 5.94. The summed E-state index contributed by atoms with van der Waals surface area (Å²) in [5.41, 5.74) is 1.87. The summed E-state index contributed by atoms with van der Waals surface area (Å²) in [6.07, 6.45) is 0. The fourth-order valence-electron chi connectivity index (χ4n) is 2.68. The van der Waals surface area contributed by atoms with Gasteiger partial charge < -0.3 is 10.6 Å². The van der Waals surface area contributed by atoms with Crippen LogP contribution in [0, 0.1) is 5.92 Å². The molecule has 2 atom stereocenters. The largest absolute Gasteiger partial charge is 0.352 e. The second-order valence-corrected chi connectivity index (χ2v) is 4.90. The molecule has 0 aliphatic carbocycles. The first kappa shape index (κ1) is 10.1. The second-order valence-electron chi connectivity index (χ2n) is 4.47. The predicted octanol–water partition coefficient (Wildman–Crippen LogP) is 1.39. The zero-order valence-electron chi connectivity index (χ0n) is 8.79. The third-order valence-electron chi connectivity index (χ3n) is 3.52. The number of carbonyl (C=O) groups excluding carboxylic acids is 1. The van der Waals surface area contributed by atoms with Gasteiger partial charge in [0.25, 0.3) is 5.91 Å². The van der Waals surface area contributed by atoms with Crippen LogP contribution in [0.25, 0.3) is 0 Å². The summed E-state index contributed by atoms with van der Waals surface area (Å²) in [5, 5.41) is 6.96. The van der Waals surface area contributed by atoms with E-state index in [0.29, 0.717) is 16.9 Å². The lowest BCUT2D eigenvalue weighted by molar-refractivity contribution is 0.0952. The molecule has 1 aromatic carbocycles. The molecule has 0 saturated carbocycles. The van der Waals surface area contributed by atoms with Crippen LogP contribution in [-0.4, -0.2) is 25.5 Å². The Morgan fingerprint density at radius 3 is 3.00 bits per heavy atom. The Labute approximate surface area is 99.2 Å². The molecule has 2 aliphatic rings. The highest BCUT2D eigenvalue weighted by Gasteiger charge is 2.34. The molecule has 1 saturated heterocycles. The van der Waals surface area contributed by atoms with Crippen LogP contribution in [0.4, 0.5) is 0 Å². The lowest BCUT2D eigenvalue weighted by atomic mass is 9.87.